The normalized spacial score (nSPS) is 22.6. The Kier molecular flexibility index (Phi) is 3.77. The molecule has 31 heavy (non-hydrogen) atoms. The minimum atomic E-state index is -0.562. The maximum absolute atomic E-state index is 12.6. The van der Waals surface area contributed by atoms with Crippen LogP contribution in [0.4, 0.5) is 5.69 Å². The topological polar surface area (TPSA) is 32.3 Å². The molecule has 3 nitrogen and oxygen atoms in total. The van der Waals surface area contributed by atoms with Crippen molar-refractivity contribution in [2.75, 3.05) is 11.4 Å². The van der Waals surface area contributed by atoms with Crippen molar-refractivity contribution in [1.29, 1.82) is 0 Å². The third-order valence-electron chi connectivity index (χ3n) is 7.47. The third kappa shape index (κ3) is 2.49. The minimum Gasteiger partial charge on any atom is -0.344 e. The Morgan fingerprint density at radius 2 is 1.71 bits per heavy atom. The number of benzene rings is 3. The number of rotatable bonds is 2. The molecule has 1 unspecified atom stereocenters. The van der Waals surface area contributed by atoms with Crippen molar-refractivity contribution in [3.63, 3.8) is 0 Å². The summed E-state index contributed by atoms with van der Waals surface area (Å²) >= 11 is 0. The second-order valence-electron chi connectivity index (χ2n) is 9.44. The van der Waals surface area contributed by atoms with Crippen LogP contribution in [-0.2, 0) is 16.6 Å². The minimum absolute atomic E-state index is 0.117. The van der Waals surface area contributed by atoms with Gasteiger partial charge in [0.15, 0.2) is 0 Å². The lowest BCUT2D eigenvalue weighted by Gasteiger charge is -2.49. The fourth-order valence-electron chi connectivity index (χ4n) is 5.80. The SMILES string of the molecule is CC1(C)c2ccccc2N2CCC(=O)NC21/C=C/c1ccc2c(c1)Cc1ccccc1-2. The molecule has 1 atom stereocenters. The van der Waals surface area contributed by atoms with Crippen LogP contribution >= 0.6 is 0 Å². The lowest BCUT2D eigenvalue weighted by Crippen LogP contribution is -2.68. The van der Waals surface area contributed by atoms with Crippen molar-refractivity contribution in [2.24, 2.45) is 0 Å². The first-order valence-electron chi connectivity index (χ1n) is 11.1. The highest BCUT2D eigenvalue weighted by molar-refractivity contribution is 5.85. The van der Waals surface area contributed by atoms with Gasteiger partial charge in [0.05, 0.1) is 0 Å². The molecular formula is C28H26N2O. The van der Waals surface area contributed by atoms with E-state index in [2.05, 4.69) is 103 Å². The molecule has 0 spiro atoms. The summed E-state index contributed by atoms with van der Waals surface area (Å²) in [6.07, 6.45) is 5.92. The summed E-state index contributed by atoms with van der Waals surface area (Å²) in [6, 6.07) is 23.9. The van der Waals surface area contributed by atoms with Gasteiger partial charge in [0.1, 0.15) is 5.66 Å². The van der Waals surface area contributed by atoms with E-state index in [0.717, 1.165) is 13.0 Å². The molecule has 2 aliphatic heterocycles. The number of carbonyl (C=O) groups is 1. The van der Waals surface area contributed by atoms with Gasteiger partial charge in [-0.3, -0.25) is 4.79 Å². The lowest BCUT2D eigenvalue weighted by atomic mass is 9.74. The van der Waals surface area contributed by atoms with Crippen molar-refractivity contribution in [3.8, 4) is 11.1 Å². The number of carbonyl (C=O) groups excluding carboxylic acids is 1. The molecule has 6 rings (SSSR count). The van der Waals surface area contributed by atoms with E-state index in [1.54, 1.807) is 0 Å². The van der Waals surface area contributed by atoms with Crippen LogP contribution in [-0.4, -0.2) is 18.1 Å². The van der Waals surface area contributed by atoms with E-state index >= 15 is 0 Å². The Balaban J connectivity index is 1.41. The molecule has 0 saturated carbocycles. The van der Waals surface area contributed by atoms with Crippen molar-refractivity contribution < 1.29 is 4.79 Å². The van der Waals surface area contributed by atoms with Crippen molar-refractivity contribution >= 4 is 17.7 Å². The van der Waals surface area contributed by atoms with Gasteiger partial charge in [0.25, 0.3) is 0 Å². The van der Waals surface area contributed by atoms with Crippen LogP contribution in [0.25, 0.3) is 17.2 Å². The molecule has 0 bridgehead atoms. The number of anilines is 1. The molecule has 154 valence electrons. The maximum atomic E-state index is 12.6. The van der Waals surface area contributed by atoms with Gasteiger partial charge in [-0.05, 0) is 51.9 Å². The standard InChI is InChI=1S/C28H26N2O/c1-27(2)24-9-5-6-10-25(24)30-16-14-26(31)29-28(27,30)15-13-19-11-12-23-21(17-19)18-20-7-3-4-8-22(20)23/h3-13,15,17H,14,16,18H2,1-2H3,(H,29,31)/b15-13+. The molecular weight excluding hydrogens is 380 g/mol. The van der Waals surface area contributed by atoms with E-state index in [1.807, 2.05) is 0 Å². The van der Waals surface area contributed by atoms with Gasteiger partial charge in [-0.25, -0.2) is 0 Å². The van der Waals surface area contributed by atoms with E-state index < -0.39 is 5.66 Å². The van der Waals surface area contributed by atoms with Crippen LogP contribution in [0.2, 0.25) is 0 Å². The summed E-state index contributed by atoms with van der Waals surface area (Å²) in [4.78, 5) is 14.9. The second kappa shape index (κ2) is 6.34. The molecule has 0 aromatic heterocycles. The molecule has 3 heteroatoms. The number of hydrogen-bond donors (Lipinski definition) is 1. The quantitative estimate of drug-likeness (QED) is 0.491. The van der Waals surface area contributed by atoms with Crippen LogP contribution in [0.1, 0.15) is 42.5 Å². The monoisotopic (exact) mass is 406 g/mol. The van der Waals surface area contributed by atoms with Gasteiger partial charge in [-0.2, -0.15) is 0 Å². The van der Waals surface area contributed by atoms with Crippen molar-refractivity contribution in [2.45, 2.75) is 37.8 Å². The average molecular weight is 407 g/mol. The van der Waals surface area contributed by atoms with Crippen LogP contribution in [0.15, 0.2) is 72.8 Å². The number of hydrogen-bond acceptors (Lipinski definition) is 2. The van der Waals surface area contributed by atoms with Gasteiger partial charge in [-0.15, -0.1) is 0 Å². The molecule has 3 aliphatic rings. The summed E-state index contributed by atoms with van der Waals surface area (Å²) in [7, 11) is 0. The van der Waals surface area contributed by atoms with Gasteiger partial charge < -0.3 is 10.2 Å². The highest BCUT2D eigenvalue weighted by Gasteiger charge is 2.57. The Morgan fingerprint density at radius 3 is 2.61 bits per heavy atom. The summed E-state index contributed by atoms with van der Waals surface area (Å²) in [5, 5.41) is 3.37. The Bertz CT molecular complexity index is 1260. The zero-order valence-electron chi connectivity index (χ0n) is 18.0. The van der Waals surface area contributed by atoms with Crippen LogP contribution in [0.5, 0.6) is 0 Å². The number of nitrogens with zero attached hydrogens (tertiary/aromatic N) is 1. The van der Waals surface area contributed by atoms with E-state index in [4.69, 9.17) is 0 Å². The first-order valence-corrected chi connectivity index (χ1v) is 11.1. The molecule has 3 aromatic rings. The summed E-state index contributed by atoms with van der Waals surface area (Å²) in [6.45, 7) is 5.21. The van der Waals surface area contributed by atoms with Gasteiger partial charge in [-0.1, -0.05) is 80.6 Å². The highest BCUT2D eigenvalue weighted by atomic mass is 16.2. The largest absolute Gasteiger partial charge is 0.344 e. The zero-order valence-corrected chi connectivity index (χ0v) is 18.0. The van der Waals surface area contributed by atoms with Crippen molar-refractivity contribution in [1.82, 2.24) is 5.32 Å². The number of nitrogens with one attached hydrogen (secondary N) is 1. The Hall–Kier alpha value is -3.33. The fourth-order valence-corrected chi connectivity index (χ4v) is 5.80. The number of fused-ring (bicyclic) bond motifs is 6. The van der Waals surface area contributed by atoms with Crippen molar-refractivity contribution in [3.05, 3.63) is 95.1 Å². The highest BCUT2D eigenvalue weighted by Crippen LogP contribution is 2.52. The van der Waals surface area contributed by atoms with E-state index in [-0.39, 0.29) is 11.3 Å². The summed E-state index contributed by atoms with van der Waals surface area (Å²) < 4.78 is 0. The first kappa shape index (κ1) is 18.4. The molecule has 1 saturated heterocycles. The second-order valence-corrected chi connectivity index (χ2v) is 9.44. The number of amides is 1. The first-order chi connectivity index (χ1) is 15.0. The molecule has 0 radical (unpaired) electrons. The molecule has 1 aliphatic carbocycles. The summed E-state index contributed by atoms with van der Waals surface area (Å²) in [5.74, 6) is 0.117. The molecule has 1 N–H and O–H groups in total. The Morgan fingerprint density at radius 1 is 0.935 bits per heavy atom. The predicted molar refractivity (Wildman–Crippen MR) is 126 cm³/mol. The van der Waals surface area contributed by atoms with Crippen LogP contribution in [0, 0.1) is 0 Å². The lowest BCUT2D eigenvalue weighted by molar-refractivity contribution is -0.124. The zero-order chi connectivity index (χ0) is 21.2. The van der Waals surface area contributed by atoms with Gasteiger partial charge in [0.2, 0.25) is 5.91 Å². The predicted octanol–water partition coefficient (Wildman–Crippen LogP) is 5.29. The number of para-hydroxylation sites is 1. The van der Waals surface area contributed by atoms with Crippen LogP contribution < -0.4 is 10.2 Å². The van der Waals surface area contributed by atoms with Crippen LogP contribution in [0.3, 0.4) is 0 Å². The van der Waals surface area contributed by atoms with E-state index in [1.165, 1.54) is 39.1 Å². The Labute approximate surface area is 183 Å². The third-order valence-corrected chi connectivity index (χ3v) is 7.47. The summed E-state index contributed by atoms with van der Waals surface area (Å²) in [5.41, 5.74) is 8.34. The molecule has 3 aromatic carbocycles. The molecule has 2 heterocycles. The van der Waals surface area contributed by atoms with Gasteiger partial charge in [0, 0.05) is 24.1 Å². The van der Waals surface area contributed by atoms with Gasteiger partial charge >= 0.3 is 0 Å². The van der Waals surface area contributed by atoms with E-state index in [0.29, 0.717) is 6.42 Å². The van der Waals surface area contributed by atoms with E-state index in [9.17, 15) is 4.79 Å². The smallest absolute Gasteiger partial charge is 0.223 e. The fraction of sp³-hybridized carbons (Fsp3) is 0.250. The molecule has 1 fully saturated rings. The average Bonchev–Trinajstić information content (AvgIpc) is 3.23. The molecule has 1 amide bonds. The maximum Gasteiger partial charge on any atom is 0.223 e.